The third-order valence-electron chi connectivity index (χ3n) is 6.06. The monoisotopic (exact) mass is 300 g/mol. The highest BCUT2D eigenvalue weighted by Crippen LogP contribution is 2.35. The predicted molar refractivity (Wildman–Crippen MR) is 88.9 cm³/mol. The highest BCUT2D eigenvalue weighted by atomic mass is 16.3. The van der Waals surface area contributed by atoms with Gasteiger partial charge in [-0.05, 0) is 69.2 Å². The number of fused-ring (bicyclic) bond motifs is 2. The van der Waals surface area contributed by atoms with Crippen molar-refractivity contribution in [1.29, 1.82) is 0 Å². The molecular formula is C19H28N2O. The van der Waals surface area contributed by atoms with Gasteiger partial charge < -0.3 is 15.3 Å². The van der Waals surface area contributed by atoms with Crippen LogP contribution in [0.2, 0.25) is 0 Å². The number of aliphatic hydroxyl groups is 1. The minimum atomic E-state index is -0.665. The average molecular weight is 300 g/mol. The molecule has 0 spiro atoms. The Morgan fingerprint density at radius 1 is 1.18 bits per heavy atom. The van der Waals surface area contributed by atoms with Crippen LogP contribution in [0.5, 0.6) is 0 Å². The van der Waals surface area contributed by atoms with E-state index in [1.807, 2.05) is 0 Å². The van der Waals surface area contributed by atoms with Crippen molar-refractivity contribution in [1.82, 2.24) is 10.2 Å². The van der Waals surface area contributed by atoms with Crippen LogP contribution in [0.1, 0.15) is 49.7 Å². The summed E-state index contributed by atoms with van der Waals surface area (Å²) in [6.45, 7) is 3.24. The van der Waals surface area contributed by atoms with E-state index in [1.54, 1.807) is 0 Å². The van der Waals surface area contributed by atoms with Gasteiger partial charge in [0, 0.05) is 18.6 Å². The summed E-state index contributed by atoms with van der Waals surface area (Å²) < 4.78 is 0. The zero-order valence-electron chi connectivity index (χ0n) is 13.4. The van der Waals surface area contributed by atoms with Crippen molar-refractivity contribution in [3.05, 3.63) is 35.4 Å². The Bertz CT molecular complexity index is 532. The molecule has 22 heavy (non-hydrogen) atoms. The number of piperidine rings is 1. The molecule has 120 valence electrons. The van der Waals surface area contributed by atoms with Crippen molar-refractivity contribution in [2.24, 2.45) is 0 Å². The van der Waals surface area contributed by atoms with Crippen molar-refractivity contribution in [2.75, 3.05) is 19.6 Å². The average Bonchev–Trinajstić information content (AvgIpc) is 3.01. The third kappa shape index (κ3) is 2.70. The summed E-state index contributed by atoms with van der Waals surface area (Å²) >= 11 is 0. The van der Waals surface area contributed by atoms with Crippen molar-refractivity contribution in [3.8, 4) is 0 Å². The summed E-state index contributed by atoms with van der Waals surface area (Å²) in [4.78, 5) is 2.66. The second-order valence-corrected chi connectivity index (χ2v) is 7.48. The van der Waals surface area contributed by atoms with Crippen LogP contribution in [0, 0.1) is 0 Å². The van der Waals surface area contributed by atoms with Crippen molar-refractivity contribution in [2.45, 2.75) is 62.6 Å². The van der Waals surface area contributed by atoms with E-state index in [0.29, 0.717) is 12.6 Å². The smallest absolute Gasteiger partial charge is 0.102 e. The SMILES string of the molecule is OC1(CNC2CCN3CCCC3C2)CCCc2ccccc21. The quantitative estimate of drug-likeness (QED) is 0.900. The van der Waals surface area contributed by atoms with Crippen LogP contribution in [0.3, 0.4) is 0 Å². The van der Waals surface area contributed by atoms with Gasteiger partial charge in [0.2, 0.25) is 0 Å². The van der Waals surface area contributed by atoms with Crippen LogP contribution in [-0.2, 0) is 12.0 Å². The predicted octanol–water partition coefficient (Wildman–Crippen LogP) is 2.43. The second kappa shape index (κ2) is 5.95. The molecule has 0 radical (unpaired) electrons. The minimum Gasteiger partial charge on any atom is -0.384 e. The van der Waals surface area contributed by atoms with Crippen LogP contribution < -0.4 is 5.32 Å². The summed E-state index contributed by atoms with van der Waals surface area (Å²) in [6, 6.07) is 9.82. The third-order valence-corrected chi connectivity index (χ3v) is 6.06. The fraction of sp³-hybridized carbons (Fsp3) is 0.684. The van der Waals surface area contributed by atoms with E-state index in [-0.39, 0.29) is 0 Å². The molecule has 1 aromatic rings. The molecule has 3 aliphatic rings. The maximum atomic E-state index is 11.2. The maximum Gasteiger partial charge on any atom is 0.102 e. The Morgan fingerprint density at radius 2 is 2.09 bits per heavy atom. The van der Waals surface area contributed by atoms with Crippen LogP contribution >= 0.6 is 0 Å². The van der Waals surface area contributed by atoms with Crippen molar-refractivity contribution >= 4 is 0 Å². The highest BCUT2D eigenvalue weighted by Gasteiger charge is 2.36. The van der Waals surface area contributed by atoms with Gasteiger partial charge in [-0.1, -0.05) is 24.3 Å². The van der Waals surface area contributed by atoms with Gasteiger partial charge in [0.1, 0.15) is 5.60 Å². The first-order valence-electron chi connectivity index (χ1n) is 9.03. The van der Waals surface area contributed by atoms with Gasteiger partial charge in [0.05, 0.1) is 0 Å². The number of aryl methyl sites for hydroxylation is 1. The molecule has 3 unspecified atom stereocenters. The topological polar surface area (TPSA) is 35.5 Å². The summed E-state index contributed by atoms with van der Waals surface area (Å²) in [7, 11) is 0. The van der Waals surface area contributed by atoms with Gasteiger partial charge in [0.25, 0.3) is 0 Å². The fourth-order valence-electron chi connectivity index (χ4n) is 4.80. The first-order chi connectivity index (χ1) is 10.7. The zero-order chi connectivity index (χ0) is 15.0. The molecule has 4 rings (SSSR count). The summed E-state index contributed by atoms with van der Waals surface area (Å²) in [5.74, 6) is 0. The molecule has 1 aromatic carbocycles. The van der Waals surface area contributed by atoms with Crippen LogP contribution in [-0.4, -0.2) is 41.7 Å². The van der Waals surface area contributed by atoms with Crippen LogP contribution in [0.4, 0.5) is 0 Å². The lowest BCUT2D eigenvalue weighted by atomic mass is 9.79. The van der Waals surface area contributed by atoms with E-state index in [4.69, 9.17) is 0 Å². The number of hydrogen-bond acceptors (Lipinski definition) is 3. The summed E-state index contributed by atoms with van der Waals surface area (Å²) in [6.07, 6.45) is 8.32. The molecule has 3 nitrogen and oxygen atoms in total. The molecule has 2 heterocycles. The molecule has 0 saturated carbocycles. The second-order valence-electron chi connectivity index (χ2n) is 7.48. The zero-order valence-corrected chi connectivity index (χ0v) is 13.4. The molecule has 2 fully saturated rings. The molecule has 3 heteroatoms. The largest absolute Gasteiger partial charge is 0.384 e. The van der Waals surface area contributed by atoms with Crippen LogP contribution in [0.25, 0.3) is 0 Å². The molecule has 2 saturated heterocycles. The van der Waals surface area contributed by atoms with Gasteiger partial charge in [-0.25, -0.2) is 0 Å². The molecule has 3 atom stereocenters. The Hall–Kier alpha value is -0.900. The van der Waals surface area contributed by atoms with E-state index in [9.17, 15) is 5.11 Å². The van der Waals surface area contributed by atoms with Gasteiger partial charge >= 0.3 is 0 Å². The fourth-order valence-corrected chi connectivity index (χ4v) is 4.80. The molecular weight excluding hydrogens is 272 g/mol. The van der Waals surface area contributed by atoms with Crippen LogP contribution in [0.15, 0.2) is 24.3 Å². The summed E-state index contributed by atoms with van der Waals surface area (Å²) in [5, 5.41) is 14.9. The highest BCUT2D eigenvalue weighted by molar-refractivity contribution is 5.35. The number of nitrogens with zero attached hydrogens (tertiary/aromatic N) is 1. The maximum absolute atomic E-state index is 11.2. The Labute approximate surface area is 133 Å². The molecule has 2 N–H and O–H groups in total. The van der Waals surface area contributed by atoms with Gasteiger partial charge in [-0.3, -0.25) is 0 Å². The molecule has 0 amide bonds. The standard InChI is InChI=1S/C19H28N2O/c22-19(10-3-6-15-5-1-2-8-18(15)19)14-20-16-9-12-21-11-4-7-17(21)13-16/h1-2,5,8,16-17,20,22H,3-4,6-7,9-14H2. The van der Waals surface area contributed by atoms with Gasteiger partial charge in [-0.2, -0.15) is 0 Å². The minimum absolute atomic E-state index is 0.581. The first-order valence-corrected chi connectivity index (χ1v) is 9.03. The van der Waals surface area contributed by atoms with Gasteiger partial charge in [0.15, 0.2) is 0 Å². The summed E-state index contributed by atoms with van der Waals surface area (Å²) in [5.41, 5.74) is 1.83. The Kier molecular flexibility index (Phi) is 3.97. The number of nitrogens with one attached hydrogen (secondary N) is 1. The number of hydrogen-bond donors (Lipinski definition) is 2. The lowest BCUT2D eigenvalue weighted by Gasteiger charge is -2.39. The molecule has 1 aliphatic carbocycles. The molecule has 0 bridgehead atoms. The first kappa shape index (κ1) is 14.7. The van der Waals surface area contributed by atoms with E-state index in [0.717, 1.165) is 30.9 Å². The Balaban J connectivity index is 1.41. The van der Waals surface area contributed by atoms with E-state index < -0.39 is 5.60 Å². The lowest BCUT2D eigenvalue weighted by molar-refractivity contribution is 0.0133. The number of rotatable bonds is 3. The van der Waals surface area contributed by atoms with E-state index >= 15 is 0 Å². The van der Waals surface area contributed by atoms with Crippen molar-refractivity contribution in [3.63, 3.8) is 0 Å². The number of benzene rings is 1. The van der Waals surface area contributed by atoms with E-state index in [1.165, 1.54) is 44.3 Å². The Morgan fingerprint density at radius 3 is 3.05 bits per heavy atom. The van der Waals surface area contributed by atoms with Gasteiger partial charge in [-0.15, -0.1) is 0 Å². The van der Waals surface area contributed by atoms with Crippen molar-refractivity contribution < 1.29 is 5.11 Å². The van der Waals surface area contributed by atoms with E-state index in [2.05, 4.69) is 34.5 Å². The molecule has 2 aliphatic heterocycles. The molecule has 0 aromatic heterocycles. The normalized spacial score (nSPS) is 35.1. The lowest BCUT2D eigenvalue weighted by Crippen LogP contribution is -2.50.